The second-order valence-electron chi connectivity index (χ2n) is 7.00. The summed E-state index contributed by atoms with van der Waals surface area (Å²) >= 11 is 0. The quantitative estimate of drug-likeness (QED) is 0.866. The fourth-order valence-corrected chi connectivity index (χ4v) is 4.47. The van der Waals surface area contributed by atoms with Gasteiger partial charge >= 0.3 is 0 Å². The van der Waals surface area contributed by atoms with Crippen molar-refractivity contribution in [2.24, 2.45) is 17.3 Å². The van der Waals surface area contributed by atoms with Crippen LogP contribution in [-0.2, 0) is 9.53 Å². The molecule has 2 saturated heterocycles. The molecule has 3 rings (SSSR count). The number of nitrogens with one attached hydrogen (secondary N) is 1. The van der Waals surface area contributed by atoms with E-state index < -0.39 is 0 Å². The Balaban J connectivity index is 0.00000161. The highest BCUT2D eigenvalue weighted by Crippen LogP contribution is 2.45. The third kappa shape index (κ3) is 3.38. The number of halogens is 1. The highest BCUT2D eigenvalue weighted by atomic mass is 35.5. The second-order valence-corrected chi connectivity index (χ2v) is 7.00. The first-order valence-electron chi connectivity index (χ1n) is 8.26. The zero-order chi connectivity index (χ0) is 14.0. The Hall–Kier alpha value is -0.320. The second kappa shape index (κ2) is 7.30. The predicted octanol–water partition coefficient (Wildman–Crippen LogP) is 2.07. The Bertz CT molecular complexity index is 360. The molecule has 2 heterocycles. The molecule has 1 unspecified atom stereocenters. The third-order valence-corrected chi connectivity index (χ3v) is 5.60. The van der Waals surface area contributed by atoms with Crippen LogP contribution in [0.3, 0.4) is 0 Å². The van der Waals surface area contributed by atoms with Crippen molar-refractivity contribution in [3.63, 3.8) is 0 Å². The van der Waals surface area contributed by atoms with E-state index in [0.717, 1.165) is 45.7 Å². The lowest BCUT2D eigenvalue weighted by Gasteiger charge is -2.40. The van der Waals surface area contributed by atoms with Crippen LogP contribution in [0.25, 0.3) is 0 Å². The van der Waals surface area contributed by atoms with Gasteiger partial charge in [0.15, 0.2) is 0 Å². The number of carbonyl (C=O) groups excluding carboxylic acids is 1. The first-order valence-corrected chi connectivity index (χ1v) is 8.26. The van der Waals surface area contributed by atoms with Crippen LogP contribution in [0.5, 0.6) is 0 Å². The summed E-state index contributed by atoms with van der Waals surface area (Å²) in [5.41, 5.74) is -0.0947. The normalized spacial score (nSPS) is 35.7. The molecule has 5 heteroatoms. The molecule has 1 N–H and O–H groups in total. The molecule has 3 aliphatic rings. The molecule has 0 bridgehead atoms. The maximum Gasteiger partial charge on any atom is 0.230 e. The van der Waals surface area contributed by atoms with Crippen molar-refractivity contribution in [3.8, 4) is 0 Å². The van der Waals surface area contributed by atoms with Gasteiger partial charge in [0.05, 0.1) is 12.0 Å². The minimum absolute atomic E-state index is 0. The molecule has 0 aromatic rings. The van der Waals surface area contributed by atoms with E-state index in [2.05, 4.69) is 5.32 Å². The zero-order valence-electron chi connectivity index (χ0n) is 13.1. The van der Waals surface area contributed by atoms with Crippen molar-refractivity contribution in [2.45, 2.75) is 38.5 Å². The molecule has 2 aliphatic heterocycles. The largest absolute Gasteiger partial charge is 0.381 e. The molecular weight excluding hydrogens is 288 g/mol. The van der Waals surface area contributed by atoms with Gasteiger partial charge in [-0.3, -0.25) is 4.79 Å². The molecule has 21 heavy (non-hydrogen) atoms. The van der Waals surface area contributed by atoms with E-state index in [0.29, 0.717) is 17.7 Å². The molecule has 1 amide bonds. The molecule has 3 fully saturated rings. The van der Waals surface area contributed by atoms with Crippen LogP contribution in [0.4, 0.5) is 0 Å². The van der Waals surface area contributed by atoms with Crippen LogP contribution < -0.4 is 5.32 Å². The van der Waals surface area contributed by atoms with Crippen molar-refractivity contribution < 1.29 is 9.53 Å². The first-order chi connectivity index (χ1) is 9.72. The van der Waals surface area contributed by atoms with Crippen molar-refractivity contribution in [3.05, 3.63) is 0 Å². The van der Waals surface area contributed by atoms with Crippen LogP contribution in [0.2, 0.25) is 0 Å². The van der Waals surface area contributed by atoms with Gasteiger partial charge in [-0.05, 0) is 44.1 Å². The average molecular weight is 317 g/mol. The number of carbonyl (C=O) groups is 1. The Morgan fingerprint density at radius 2 is 2.19 bits per heavy atom. The lowest BCUT2D eigenvalue weighted by Crippen LogP contribution is -2.50. The topological polar surface area (TPSA) is 41.6 Å². The summed E-state index contributed by atoms with van der Waals surface area (Å²) in [5.74, 6) is 1.48. The lowest BCUT2D eigenvalue weighted by atomic mass is 9.67. The van der Waals surface area contributed by atoms with Crippen molar-refractivity contribution in [2.75, 3.05) is 39.9 Å². The van der Waals surface area contributed by atoms with E-state index in [1.807, 2.05) is 11.9 Å². The number of rotatable bonds is 3. The number of nitrogens with zero attached hydrogens (tertiary/aromatic N) is 1. The summed E-state index contributed by atoms with van der Waals surface area (Å²) in [5, 5.41) is 3.47. The van der Waals surface area contributed by atoms with Gasteiger partial charge in [0.2, 0.25) is 5.91 Å². The van der Waals surface area contributed by atoms with Crippen LogP contribution in [0.15, 0.2) is 0 Å². The van der Waals surface area contributed by atoms with E-state index in [4.69, 9.17) is 4.74 Å². The first kappa shape index (κ1) is 17.0. The molecule has 4 nitrogen and oxygen atoms in total. The molecule has 0 radical (unpaired) electrons. The van der Waals surface area contributed by atoms with Crippen LogP contribution in [-0.4, -0.2) is 50.7 Å². The Morgan fingerprint density at radius 1 is 1.33 bits per heavy atom. The summed E-state index contributed by atoms with van der Waals surface area (Å²) in [4.78, 5) is 15.0. The van der Waals surface area contributed by atoms with Crippen LogP contribution in [0.1, 0.15) is 38.5 Å². The minimum atomic E-state index is -0.0947. The molecular formula is C16H29ClN2O2. The number of fused-ring (bicyclic) bond motifs is 1. The van der Waals surface area contributed by atoms with Gasteiger partial charge in [0.25, 0.3) is 0 Å². The van der Waals surface area contributed by atoms with Gasteiger partial charge in [-0.25, -0.2) is 0 Å². The summed E-state index contributed by atoms with van der Waals surface area (Å²) in [7, 11) is 2.00. The van der Waals surface area contributed by atoms with Gasteiger partial charge in [-0.2, -0.15) is 0 Å². The predicted molar refractivity (Wildman–Crippen MR) is 85.7 cm³/mol. The van der Waals surface area contributed by atoms with E-state index in [1.165, 1.54) is 25.7 Å². The summed E-state index contributed by atoms with van der Waals surface area (Å²) < 4.78 is 5.54. The smallest absolute Gasteiger partial charge is 0.230 e. The van der Waals surface area contributed by atoms with Crippen molar-refractivity contribution in [1.29, 1.82) is 0 Å². The molecule has 0 spiro atoms. The minimum Gasteiger partial charge on any atom is -0.381 e. The summed E-state index contributed by atoms with van der Waals surface area (Å²) in [6, 6.07) is 0. The average Bonchev–Trinajstić information content (AvgIpc) is 2.92. The summed E-state index contributed by atoms with van der Waals surface area (Å²) in [6.07, 6.45) is 7.15. The summed E-state index contributed by atoms with van der Waals surface area (Å²) in [6.45, 7) is 4.51. The number of ether oxygens (including phenoxy) is 1. The number of hydrogen-bond donors (Lipinski definition) is 1. The van der Waals surface area contributed by atoms with Gasteiger partial charge in [0.1, 0.15) is 0 Å². The lowest BCUT2D eigenvalue weighted by molar-refractivity contribution is -0.145. The monoisotopic (exact) mass is 316 g/mol. The standard InChI is InChI=1S/C16H28N2O2.ClH/c1-18(10-13-5-4-8-20-11-13)15(19)16-7-3-2-6-14(16)9-17-12-16;/h13-14,17H,2-12H2,1H3;1H/t13?,14-,16+;/m0./s1. The Morgan fingerprint density at radius 3 is 2.95 bits per heavy atom. The fourth-order valence-electron chi connectivity index (χ4n) is 4.47. The maximum absolute atomic E-state index is 13.0. The number of amides is 1. The molecule has 1 aliphatic carbocycles. The molecule has 1 saturated carbocycles. The molecule has 0 aromatic heterocycles. The molecule has 3 atom stereocenters. The number of hydrogen-bond acceptors (Lipinski definition) is 3. The molecule has 0 aromatic carbocycles. The van der Waals surface area contributed by atoms with E-state index >= 15 is 0 Å². The van der Waals surface area contributed by atoms with Gasteiger partial charge in [0, 0.05) is 26.7 Å². The molecule has 122 valence electrons. The van der Waals surface area contributed by atoms with Crippen molar-refractivity contribution in [1.82, 2.24) is 10.2 Å². The highest BCUT2D eigenvalue weighted by molar-refractivity contribution is 5.85. The third-order valence-electron chi connectivity index (χ3n) is 5.60. The zero-order valence-corrected chi connectivity index (χ0v) is 13.9. The Labute approximate surface area is 134 Å². The van der Waals surface area contributed by atoms with Crippen LogP contribution >= 0.6 is 12.4 Å². The van der Waals surface area contributed by atoms with Gasteiger partial charge in [-0.15, -0.1) is 12.4 Å². The highest BCUT2D eigenvalue weighted by Gasteiger charge is 2.50. The fraction of sp³-hybridized carbons (Fsp3) is 0.938. The van der Waals surface area contributed by atoms with Crippen LogP contribution in [0, 0.1) is 17.3 Å². The SMILES string of the molecule is CN(CC1CCCOC1)C(=O)[C@@]12CCCC[C@H]1CNC2.Cl. The Kier molecular flexibility index (Phi) is 5.92. The van der Waals surface area contributed by atoms with E-state index in [9.17, 15) is 4.79 Å². The van der Waals surface area contributed by atoms with E-state index in [-0.39, 0.29) is 17.8 Å². The maximum atomic E-state index is 13.0. The van der Waals surface area contributed by atoms with Gasteiger partial charge < -0.3 is 15.0 Å². The van der Waals surface area contributed by atoms with Gasteiger partial charge in [-0.1, -0.05) is 12.8 Å². The van der Waals surface area contributed by atoms with Crippen molar-refractivity contribution >= 4 is 18.3 Å². The van der Waals surface area contributed by atoms with E-state index in [1.54, 1.807) is 0 Å².